The van der Waals surface area contributed by atoms with E-state index in [0.717, 1.165) is 0 Å². The van der Waals surface area contributed by atoms with Crippen molar-refractivity contribution in [3.8, 4) is 5.75 Å². The lowest BCUT2D eigenvalue weighted by atomic mass is 10.2. The molecule has 26 heavy (non-hydrogen) atoms. The second-order valence-electron chi connectivity index (χ2n) is 4.76. The molecule has 0 unspecified atom stereocenters. The molecule has 0 aliphatic carbocycles. The van der Waals surface area contributed by atoms with Crippen LogP contribution in [0.15, 0.2) is 40.9 Å². The molecule has 2 rings (SSSR count). The highest BCUT2D eigenvalue weighted by molar-refractivity contribution is 9.10. The minimum atomic E-state index is -0.837. The first kappa shape index (κ1) is 20.0. The van der Waals surface area contributed by atoms with Gasteiger partial charge >= 0.3 is 0 Å². The molecule has 0 spiro atoms. The minimum absolute atomic E-state index is 0.192. The van der Waals surface area contributed by atoms with E-state index in [0.29, 0.717) is 9.50 Å². The maximum Gasteiger partial charge on any atom is 0.282 e. The summed E-state index contributed by atoms with van der Waals surface area (Å²) in [4.78, 5) is 34.0. The maximum atomic E-state index is 12.0. The highest BCUT2D eigenvalue weighted by Gasteiger charge is 2.19. The van der Waals surface area contributed by atoms with Crippen molar-refractivity contribution in [1.29, 1.82) is 0 Å². The lowest BCUT2D eigenvalue weighted by molar-refractivity contribution is -0.385. The van der Waals surface area contributed by atoms with Gasteiger partial charge < -0.3 is 4.74 Å². The fourth-order valence-corrected chi connectivity index (χ4v) is 3.23. The molecular weight excluding hydrogens is 453 g/mol. The zero-order valence-corrected chi connectivity index (χ0v) is 15.9. The Morgan fingerprint density at radius 3 is 2.54 bits per heavy atom. The Bertz CT molecular complexity index is 855. The summed E-state index contributed by atoms with van der Waals surface area (Å²) in [5.41, 5.74) is 3.60. The molecule has 0 saturated carbocycles. The number of para-hydroxylation sites is 1. The molecule has 136 valence electrons. The summed E-state index contributed by atoms with van der Waals surface area (Å²) < 4.78 is 5.73. The van der Waals surface area contributed by atoms with E-state index in [-0.39, 0.29) is 22.0 Å². The summed E-state index contributed by atoms with van der Waals surface area (Å²) in [6, 6.07) is 8.32. The van der Waals surface area contributed by atoms with Crippen LogP contribution in [0.5, 0.6) is 5.75 Å². The Kier molecular flexibility index (Phi) is 6.78. The Hall–Kier alpha value is -2.36. The number of hydrazine groups is 1. The lowest BCUT2D eigenvalue weighted by Crippen LogP contribution is -2.44. The first-order valence-electron chi connectivity index (χ1n) is 6.89. The number of nitro groups is 1. The SMILES string of the molecule is O=C(COc1c(Cl)cc(Cl)cc1Br)NNC(=O)c1ccccc1[N+](=O)[O-]. The summed E-state index contributed by atoms with van der Waals surface area (Å²) in [5.74, 6) is -1.33. The van der Waals surface area contributed by atoms with Gasteiger partial charge in [-0.05, 0) is 34.1 Å². The van der Waals surface area contributed by atoms with Crippen LogP contribution in [-0.2, 0) is 4.79 Å². The van der Waals surface area contributed by atoms with Gasteiger partial charge in [0.15, 0.2) is 12.4 Å². The standard InChI is InChI=1S/C15H10BrCl2N3O5/c16-10-5-8(17)6-11(18)14(10)26-7-13(22)19-20-15(23)9-3-1-2-4-12(9)21(24)25/h1-6H,7H2,(H,19,22)(H,20,23). The molecule has 2 amide bonds. The number of benzene rings is 2. The average Bonchev–Trinajstić information content (AvgIpc) is 2.58. The first-order chi connectivity index (χ1) is 12.3. The van der Waals surface area contributed by atoms with Gasteiger partial charge in [-0.2, -0.15) is 0 Å². The van der Waals surface area contributed by atoms with Gasteiger partial charge in [0.25, 0.3) is 17.5 Å². The fourth-order valence-electron chi connectivity index (χ4n) is 1.86. The summed E-state index contributed by atoms with van der Waals surface area (Å²) >= 11 is 15.0. The van der Waals surface area contributed by atoms with Gasteiger partial charge in [0.05, 0.1) is 14.4 Å². The number of ether oxygens (including phenoxy) is 1. The van der Waals surface area contributed by atoms with E-state index in [2.05, 4.69) is 26.8 Å². The Morgan fingerprint density at radius 1 is 1.19 bits per heavy atom. The predicted octanol–water partition coefficient (Wildman–Crippen LogP) is 3.50. The van der Waals surface area contributed by atoms with Crippen LogP contribution >= 0.6 is 39.1 Å². The van der Waals surface area contributed by atoms with E-state index in [1.54, 1.807) is 0 Å². The molecule has 0 bridgehead atoms. The van der Waals surface area contributed by atoms with Crippen LogP contribution in [0.3, 0.4) is 0 Å². The molecule has 0 atom stereocenters. The van der Waals surface area contributed by atoms with Gasteiger partial charge in [-0.1, -0.05) is 35.3 Å². The molecule has 2 N–H and O–H groups in total. The number of amides is 2. The number of nitro benzene ring substituents is 1. The number of nitrogens with zero attached hydrogens (tertiary/aromatic N) is 1. The summed E-state index contributed by atoms with van der Waals surface area (Å²) in [5, 5.41) is 11.5. The smallest absolute Gasteiger partial charge is 0.282 e. The first-order valence-corrected chi connectivity index (χ1v) is 8.44. The van der Waals surface area contributed by atoms with E-state index in [1.165, 1.54) is 36.4 Å². The fraction of sp³-hybridized carbons (Fsp3) is 0.0667. The van der Waals surface area contributed by atoms with Gasteiger partial charge in [-0.3, -0.25) is 30.6 Å². The quantitative estimate of drug-likeness (QED) is 0.521. The van der Waals surface area contributed by atoms with Gasteiger partial charge in [0.2, 0.25) is 0 Å². The number of carbonyl (C=O) groups is 2. The highest BCUT2D eigenvalue weighted by Crippen LogP contribution is 2.35. The molecule has 0 radical (unpaired) electrons. The molecule has 0 saturated heterocycles. The third-order valence-corrected chi connectivity index (χ3v) is 4.06. The van der Waals surface area contributed by atoms with Gasteiger partial charge in [0.1, 0.15) is 5.56 Å². The normalized spacial score (nSPS) is 10.1. The second-order valence-corrected chi connectivity index (χ2v) is 6.46. The molecule has 0 aliphatic heterocycles. The van der Waals surface area contributed by atoms with Crippen LogP contribution in [0.25, 0.3) is 0 Å². The van der Waals surface area contributed by atoms with E-state index >= 15 is 0 Å². The van der Waals surface area contributed by atoms with E-state index < -0.39 is 23.3 Å². The Morgan fingerprint density at radius 2 is 1.88 bits per heavy atom. The van der Waals surface area contributed by atoms with Crippen molar-refractivity contribution in [3.63, 3.8) is 0 Å². The van der Waals surface area contributed by atoms with Crippen molar-refractivity contribution < 1.29 is 19.2 Å². The predicted molar refractivity (Wildman–Crippen MR) is 98.4 cm³/mol. The molecule has 0 fully saturated rings. The van der Waals surface area contributed by atoms with Gasteiger partial charge in [0, 0.05) is 11.1 Å². The maximum absolute atomic E-state index is 12.0. The van der Waals surface area contributed by atoms with Crippen LogP contribution in [0.1, 0.15) is 10.4 Å². The number of hydrogen-bond acceptors (Lipinski definition) is 5. The Labute approximate surface area is 165 Å². The second kappa shape index (κ2) is 8.84. The van der Waals surface area contributed by atoms with Crippen molar-refractivity contribution in [2.75, 3.05) is 6.61 Å². The number of hydrogen-bond donors (Lipinski definition) is 2. The van der Waals surface area contributed by atoms with E-state index in [4.69, 9.17) is 27.9 Å². The number of rotatable bonds is 5. The molecule has 8 nitrogen and oxygen atoms in total. The lowest BCUT2D eigenvalue weighted by Gasteiger charge is -2.11. The van der Waals surface area contributed by atoms with Crippen molar-refractivity contribution >= 4 is 56.6 Å². The third kappa shape index (κ3) is 5.07. The van der Waals surface area contributed by atoms with Crippen molar-refractivity contribution in [2.45, 2.75) is 0 Å². The molecule has 11 heteroatoms. The van der Waals surface area contributed by atoms with Crippen LogP contribution in [0, 0.1) is 10.1 Å². The van der Waals surface area contributed by atoms with Gasteiger partial charge in [-0.25, -0.2) is 0 Å². The molecule has 2 aromatic carbocycles. The van der Waals surface area contributed by atoms with Crippen molar-refractivity contribution in [2.24, 2.45) is 0 Å². The van der Waals surface area contributed by atoms with Crippen LogP contribution in [-0.4, -0.2) is 23.3 Å². The zero-order valence-electron chi connectivity index (χ0n) is 12.8. The van der Waals surface area contributed by atoms with Crippen molar-refractivity contribution in [1.82, 2.24) is 10.9 Å². The zero-order chi connectivity index (χ0) is 19.3. The largest absolute Gasteiger partial charge is 0.481 e. The Balaban J connectivity index is 1.94. The summed E-state index contributed by atoms with van der Waals surface area (Å²) in [6.07, 6.45) is 0. The highest BCUT2D eigenvalue weighted by atomic mass is 79.9. The van der Waals surface area contributed by atoms with E-state index in [9.17, 15) is 19.7 Å². The van der Waals surface area contributed by atoms with Gasteiger partial charge in [-0.15, -0.1) is 0 Å². The van der Waals surface area contributed by atoms with Crippen LogP contribution < -0.4 is 15.6 Å². The molecule has 2 aromatic rings. The molecular formula is C15H10BrCl2N3O5. The molecule has 0 aliphatic rings. The number of carbonyl (C=O) groups excluding carboxylic acids is 2. The van der Waals surface area contributed by atoms with Crippen molar-refractivity contribution in [3.05, 3.63) is 66.6 Å². The molecule has 0 heterocycles. The summed E-state index contributed by atoms with van der Waals surface area (Å²) in [7, 11) is 0. The van der Waals surface area contributed by atoms with Crippen LogP contribution in [0.2, 0.25) is 10.0 Å². The average molecular weight is 463 g/mol. The minimum Gasteiger partial charge on any atom is -0.481 e. The third-order valence-electron chi connectivity index (χ3n) is 2.97. The molecule has 0 aromatic heterocycles. The van der Waals surface area contributed by atoms with E-state index in [1.807, 2.05) is 0 Å². The summed E-state index contributed by atoms with van der Waals surface area (Å²) in [6.45, 7) is -0.461. The van der Waals surface area contributed by atoms with Crippen LogP contribution in [0.4, 0.5) is 5.69 Å². The number of nitrogens with one attached hydrogen (secondary N) is 2. The topological polar surface area (TPSA) is 111 Å². The monoisotopic (exact) mass is 461 g/mol. The number of halogens is 3.